The zero-order chi connectivity index (χ0) is 11.5. The molecular weight excluding hydrogens is 218 g/mol. The van der Waals surface area contributed by atoms with E-state index in [1.165, 1.54) is 10.6 Å². The second kappa shape index (κ2) is 4.91. The molecule has 1 aliphatic heterocycles. The van der Waals surface area contributed by atoms with Gasteiger partial charge in [0.15, 0.2) is 0 Å². The fourth-order valence-electron chi connectivity index (χ4n) is 2.18. The summed E-state index contributed by atoms with van der Waals surface area (Å²) in [4.78, 5) is 15.0. The first-order chi connectivity index (χ1) is 7.70. The molecule has 2 rings (SSSR count). The largest absolute Gasteiger partial charge is 0.368 e. The number of piperidine rings is 1. The Labute approximate surface area is 101 Å². The van der Waals surface area contributed by atoms with Crippen molar-refractivity contribution in [1.29, 1.82) is 0 Å². The van der Waals surface area contributed by atoms with Gasteiger partial charge in [0, 0.05) is 36.0 Å². The van der Waals surface area contributed by atoms with Crippen molar-refractivity contribution in [2.75, 3.05) is 17.7 Å². The first kappa shape index (κ1) is 11.5. The van der Waals surface area contributed by atoms with Crippen molar-refractivity contribution in [1.82, 2.24) is 0 Å². The number of thioether (sulfide) groups is 1. The van der Waals surface area contributed by atoms with E-state index >= 15 is 0 Å². The van der Waals surface area contributed by atoms with E-state index < -0.39 is 0 Å². The Kier molecular flexibility index (Phi) is 3.54. The fraction of sp³-hybridized carbons (Fsp3) is 0.462. The zero-order valence-electron chi connectivity index (χ0n) is 9.77. The number of hydrogen-bond acceptors (Lipinski definition) is 3. The normalized spacial score (nSPS) is 21.2. The highest BCUT2D eigenvalue weighted by Crippen LogP contribution is 2.26. The molecule has 1 fully saturated rings. The van der Waals surface area contributed by atoms with Crippen molar-refractivity contribution in [3.05, 3.63) is 24.3 Å². The number of carbonyl (C=O) groups excluding carboxylic acids is 1. The van der Waals surface area contributed by atoms with Gasteiger partial charge in [-0.15, -0.1) is 11.8 Å². The molecule has 0 N–H and O–H groups in total. The smallest absolute Gasteiger partial charge is 0.136 e. The van der Waals surface area contributed by atoms with E-state index in [-0.39, 0.29) is 0 Å². The lowest BCUT2D eigenvalue weighted by Crippen LogP contribution is -2.41. The predicted octanol–water partition coefficient (Wildman–Crippen LogP) is 2.97. The van der Waals surface area contributed by atoms with E-state index in [1.54, 1.807) is 11.8 Å². The van der Waals surface area contributed by atoms with Crippen LogP contribution in [-0.4, -0.2) is 24.6 Å². The Balaban J connectivity index is 2.19. The molecule has 16 heavy (non-hydrogen) atoms. The number of Topliss-reactive ketones (excluding diaryl/α,β-unsaturated/α-hetero) is 1. The maximum Gasteiger partial charge on any atom is 0.136 e. The molecule has 2 nitrogen and oxygen atoms in total. The van der Waals surface area contributed by atoms with E-state index in [0.717, 1.165) is 6.54 Å². The number of carbonyl (C=O) groups is 1. The number of rotatable bonds is 2. The third-order valence-corrected chi connectivity index (χ3v) is 3.80. The molecular formula is C13H17NOS. The van der Waals surface area contributed by atoms with Gasteiger partial charge in [-0.05, 0) is 31.4 Å². The summed E-state index contributed by atoms with van der Waals surface area (Å²) in [5.41, 5.74) is 1.24. The van der Waals surface area contributed by atoms with Crippen LogP contribution in [0.3, 0.4) is 0 Å². The molecule has 1 unspecified atom stereocenters. The summed E-state index contributed by atoms with van der Waals surface area (Å²) in [6, 6.07) is 8.87. The van der Waals surface area contributed by atoms with Crippen LogP contribution in [0, 0.1) is 0 Å². The number of ketones is 1. The van der Waals surface area contributed by atoms with Gasteiger partial charge in [0.2, 0.25) is 0 Å². The molecule has 1 atom stereocenters. The van der Waals surface area contributed by atoms with Crippen LogP contribution in [0.2, 0.25) is 0 Å². The molecule has 1 heterocycles. The predicted molar refractivity (Wildman–Crippen MR) is 69.3 cm³/mol. The number of benzene rings is 1. The van der Waals surface area contributed by atoms with E-state index in [1.807, 2.05) is 0 Å². The molecule has 0 saturated carbocycles. The highest BCUT2D eigenvalue weighted by molar-refractivity contribution is 7.98. The van der Waals surface area contributed by atoms with Gasteiger partial charge in [0.05, 0.1) is 0 Å². The maximum absolute atomic E-state index is 11.3. The van der Waals surface area contributed by atoms with Gasteiger partial charge >= 0.3 is 0 Å². The molecule has 1 aromatic carbocycles. The van der Waals surface area contributed by atoms with Crippen molar-refractivity contribution >= 4 is 23.2 Å². The Bertz CT molecular complexity index is 391. The molecule has 1 saturated heterocycles. The number of hydrogen-bond donors (Lipinski definition) is 0. The molecule has 0 aromatic heterocycles. The minimum Gasteiger partial charge on any atom is -0.368 e. The van der Waals surface area contributed by atoms with Gasteiger partial charge in [-0.2, -0.15) is 0 Å². The first-order valence-electron chi connectivity index (χ1n) is 5.63. The van der Waals surface area contributed by atoms with Gasteiger partial charge in [0.1, 0.15) is 5.78 Å². The summed E-state index contributed by atoms with van der Waals surface area (Å²) < 4.78 is 0. The average Bonchev–Trinajstić information content (AvgIpc) is 2.29. The topological polar surface area (TPSA) is 20.3 Å². The summed E-state index contributed by atoms with van der Waals surface area (Å²) in [7, 11) is 0. The van der Waals surface area contributed by atoms with Gasteiger partial charge in [-0.1, -0.05) is 6.07 Å². The van der Waals surface area contributed by atoms with Crippen LogP contribution < -0.4 is 4.90 Å². The van der Waals surface area contributed by atoms with Crippen molar-refractivity contribution in [2.45, 2.75) is 30.7 Å². The minimum atomic E-state index is 0.332. The molecule has 0 bridgehead atoms. The summed E-state index contributed by atoms with van der Waals surface area (Å²) in [6.45, 7) is 2.99. The Morgan fingerprint density at radius 1 is 1.44 bits per heavy atom. The SMILES string of the molecule is CSc1cccc(N2CCC(=O)CC2C)c1. The van der Waals surface area contributed by atoms with Crippen molar-refractivity contribution in [2.24, 2.45) is 0 Å². The quantitative estimate of drug-likeness (QED) is 0.735. The summed E-state index contributed by atoms with van der Waals surface area (Å²) >= 11 is 1.76. The van der Waals surface area contributed by atoms with Crippen molar-refractivity contribution in [3.8, 4) is 0 Å². The zero-order valence-corrected chi connectivity index (χ0v) is 10.6. The third-order valence-electron chi connectivity index (χ3n) is 3.07. The van der Waals surface area contributed by atoms with Gasteiger partial charge in [-0.25, -0.2) is 0 Å². The van der Waals surface area contributed by atoms with E-state index in [2.05, 4.69) is 42.3 Å². The average molecular weight is 235 g/mol. The lowest BCUT2D eigenvalue weighted by Gasteiger charge is -2.34. The third kappa shape index (κ3) is 2.40. The van der Waals surface area contributed by atoms with Crippen LogP contribution in [0.1, 0.15) is 19.8 Å². The maximum atomic E-state index is 11.3. The molecule has 1 aliphatic rings. The second-order valence-electron chi connectivity index (χ2n) is 4.24. The molecule has 0 amide bonds. The standard InChI is InChI=1S/C13H17NOS/c1-10-8-12(15)6-7-14(10)11-4-3-5-13(9-11)16-2/h3-5,9-10H,6-8H2,1-2H3. The Hall–Kier alpha value is -0.960. The van der Waals surface area contributed by atoms with Gasteiger partial charge in [-0.3, -0.25) is 4.79 Å². The molecule has 3 heteroatoms. The number of nitrogens with zero attached hydrogens (tertiary/aromatic N) is 1. The Morgan fingerprint density at radius 3 is 2.94 bits per heavy atom. The monoisotopic (exact) mass is 235 g/mol. The van der Waals surface area contributed by atoms with E-state index in [4.69, 9.17) is 0 Å². The van der Waals surface area contributed by atoms with Crippen LogP contribution in [0.4, 0.5) is 5.69 Å². The van der Waals surface area contributed by atoms with Crippen LogP contribution >= 0.6 is 11.8 Å². The van der Waals surface area contributed by atoms with Crippen LogP contribution in [-0.2, 0) is 4.79 Å². The lowest BCUT2D eigenvalue weighted by molar-refractivity contribution is -0.120. The minimum absolute atomic E-state index is 0.332. The van der Waals surface area contributed by atoms with Crippen molar-refractivity contribution < 1.29 is 4.79 Å². The molecule has 1 aromatic rings. The van der Waals surface area contributed by atoms with Crippen LogP contribution in [0.15, 0.2) is 29.2 Å². The van der Waals surface area contributed by atoms with Crippen molar-refractivity contribution in [3.63, 3.8) is 0 Å². The van der Waals surface area contributed by atoms with E-state index in [0.29, 0.717) is 24.7 Å². The molecule has 0 radical (unpaired) electrons. The molecule has 0 aliphatic carbocycles. The van der Waals surface area contributed by atoms with Gasteiger partial charge < -0.3 is 4.90 Å². The molecule has 86 valence electrons. The number of anilines is 1. The van der Waals surface area contributed by atoms with Crippen LogP contribution in [0.5, 0.6) is 0 Å². The Morgan fingerprint density at radius 2 is 2.25 bits per heavy atom. The summed E-state index contributed by atoms with van der Waals surface area (Å²) in [5.74, 6) is 0.393. The highest BCUT2D eigenvalue weighted by Gasteiger charge is 2.23. The van der Waals surface area contributed by atoms with Crippen LogP contribution in [0.25, 0.3) is 0 Å². The van der Waals surface area contributed by atoms with E-state index in [9.17, 15) is 4.79 Å². The second-order valence-corrected chi connectivity index (χ2v) is 5.12. The highest BCUT2D eigenvalue weighted by atomic mass is 32.2. The molecule has 0 spiro atoms. The lowest BCUT2D eigenvalue weighted by atomic mass is 10.0. The first-order valence-corrected chi connectivity index (χ1v) is 6.85. The fourth-order valence-corrected chi connectivity index (χ4v) is 2.63. The summed E-state index contributed by atoms with van der Waals surface area (Å²) in [6.07, 6.45) is 3.46. The van der Waals surface area contributed by atoms with Gasteiger partial charge in [0.25, 0.3) is 0 Å². The summed E-state index contributed by atoms with van der Waals surface area (Å²) in [5, 5.41) is 0.